The number of methoxy groups -OCH3 is 1. The summed E-state index contributed by atoms with van der Waals surface area (Å²) in [5.41, 5.74) is -1.26. The number of hydrogen-bond donors (Lipinski definition) is 0. The maximum absolute atomic E-state index is 15.4. The van der Waals surface area contributed by atoms with E-state index in [2.05, 4.69) is 0 Å². The van der Waals surface area contributed by atoms with Gasteiger partial charge in [0.25, 0.3) is 0 Å². The predicted molar refractivity (Wildman–Crippen MR) is 185 cm³/mol. The summed E-state index contributed by atoms with van der Waals surface area (Å²) in [7, 11) is -11.8. The molecule has 0 N–H and O–H groups in total. The Balaban J connectivity index is 1.76. The van der Waals surface area contributed by atoms with E-state index in [1.54, 1.807) is 42.5 Å². The summed E-state index contributed by atoms with van der Waals surface area (Å²) >= 11 is 0.910. The van der Waals surface area contributed by atoms with Crippen LogP contribution < -0.4 is 4.74 Å². The first-order valence-electron chi connectivity index (χ1n) is 15.7. The third kappa shape index (κ3) is 7.96. The van der Waals surface area contributed by atoms with Gasteiger partial charge in [0.1, 0.15) is 5.75 Å². The first-order chi connectivity index (χ1) is 26.4. The summed E-state index contributed by atoms with van der Waals surface area (Å²) in [5.74, 6) is -15.9. The van der Waals surface area contributed by atoms with Crippen molar-refractivity contribution in [2.45, 2.75) is 53.9 Å². The number of halogens is 12. The van der Waals surface area contributed by atoms with Crippen LogP contribution in [0, 0.1) is 0 Å². The van der Waals surface area contributed by atoms with Gasteiger partial charge in [-0.05, 0) is 83.1 Å². The molecule has 1 unspecified atom stereocenters. The molecular formula is C37H24F12O5S3. The topological polar surface area (TPSA) is 69.7 Å². The summed E-state index contributed by atoms with van der Waals surface area (Å²) in [4.78, 5) is 11.0. The van der Waals surface area contributed by atoms with Crippen LogP contribution >= 0.6 is 22.1 Å². The van der Waals surface area contributed by atoms with Crippen LogP contribution in [0.4, 0.5) is 52.7 Å². The number of benzene rings is 5. The van der Waals surface area contributed by atoms with E-state index in [0.717, 1.165) is 79.5 Å². The fraction of sp³-hybridized carbons (Fsp3) is 0.162. The Labute approximate surface area is 322 Å². The van der Waals surface area contributed by atoms with Crippen LogP contribution in [0.5, 0.6) is 5.75 Å². The van der Waals surface area contributed by atoms with Gasteiger partial charge in [0, 0.05) is 35.6 Å². The molecule has 0 aliphatic carbocycles. The maximum atomic E-state index is 15.4. The molecule has 0 radical (unpaired) electrons. The van der Waals surface area contributed by atoms with Gasteiger partial charge >= 0.3 is 39.6 Å². The van der Waals surface area contributed by atoms with E-state index in [0.29, 0.717) is 22.6 Å². The maximum Gasteiger partial charge on any atom is 0.460 e. The number of ether oxygens (including phenoxy) is 1. The van der Waals surface area contributed by atoms with Gasteiger partial charge in [0.15, 0.2) is 5.78 Å². The van der Waals surface area contributed by atoms with E-state index >= 15 is 8.78 Å². The Morgan fingerprint density at radius 3 is 1.65 bits per heavy atom. The molecule has 57 heavy (non-hydrogen) atoms. The van der Waals surface area contributed by atoms with Crippen molar-refractivity contribution in [1.29, 1.82) is 0 Å². The third-order valence-corrected chi connectivity index (χ3v) is 14.4. The number of alkyl halides is 12. The average molecular weight is 873 g/mol. The first kappa shape index (κ1) is 43.5. The average Bonchev–Trinajstić information content (AvgIpc) is 3.16. The van der Waals surface area contributed by atoms with E-state index in [1.807, 2.05) is 0 Å². The van der Waals surface area contributed by atoms with E-state index in [4.69, 9.17) is 8.37 Å². The van der Waals surface area contributed by atoms with Crippen LogP contribution in [0.25, 0.3) is 0 Å². The number of carbonyl (C=O) groups is 1. The molecule has 0 aliphatic heterocycles. The molecule has 5 nitrogen and oxygen atoms in total. The first-order valence-corrected chi connectivity index (χ1v) is 19.5. The molecule has 5 aromatic rings. The summed E-state index contributed by atoms with van der Waals surface area (Å²) in [6, 6.07) is 24.3. The molecule has 1 atom stereocenters. The zero-order valence-corrected chi connectivity index (χ0v) is 30.9. The van der Waals surface area contributed by atoms with Crippen LogP contribution in [-0.4, -0.2) is 44.6 Å². The highest BCUT2D eigenvalue weighted by Gasteiger charge is 2.86. The minimum Gasteiger partial charge on any atom is -0.497 e. The predicted octanol–water partition coefficient (Wildman–Crippen LogP) is 12.1. The number of rotatable bonds is 13. The van der Waals surface area contributed by atoms with E-state index in [9.17, 15) is 57.1 Å². The zero-order valence-electron chi connectivity index (χ0n) is 28.4. The molecule has 0 bridgehead atoms. The Kier molecular flexibility index (Phi) is 11.9. The van der Waals surface area contributed by atoms with Crippen molar-refractivity contribution in [1.82, 2.24) is 0 Å². The van der Waals surface area contributed by atoms with Crippen molar-refractivity contribution in [3.8, 4) is 5.75 Å². The molecule has 304 valence electrons. The number of carbonyl (C=O) groups excluding carboxylic acids is 1. The lowest BCUT2D eigenvalue weighted by Crippen LogP contribution is -2.63. The smallest absolute Gasteiger partial charge is 0.460 e. The Morgan fingerprint density at radius 1 is 0.596 bits per heavy atom. The molecule has 0 saturated carbocycles. The standard InChI is InChI=1S/C37H24F12O5S3/c1-53-24-15-19-26(20-16-24)56(31-14-8-6-12-29(31)33(38,39)40,54-57(51,52)37(48,49)35(43,44)34(41,42)36(45,46)47)27-21-17-25(18-22-27)55-30-13-7-5-11-28(30)32(50)23-9-3-2-4-10-23/h2-22H,1H3. The number of ketones is 1. The fourth-order valence-corrected chi connectivity index (χ4v) is 11.5. The van der Waals surface area contributed by atoms with Gasteiger partial charge in [-0.15, -0.1) is 0 Å². The lowest BCUT2D eigenvalue weighted by atomic mass is 10.0. The molecular weight excluding hydrogens is 849 g/mol. The fourth-order valence-electron chi connectivity index (χ4n) is 5.23. The minimum atomic E-state index is -7.81. The molecule has 0 amide bonds. The highest BCUT2D eigenvalue weighted by Crippen LogP contribution is 2.73. The summed E-state index contributed by atoms with van der Waals surface area (Å²) in [6.45, 7) is 0. The van der Waals surface area contributed by atoms with Crippen molar-refractivity contribution in [3.63, 3.8) is 0 Å². The lowest BCUT2D eigenvalue weighted by Gasteiger charge is -2.42. The molecule has 5 rings (SSSR count). The minimum absolute atomic E-state index is 0.0591. The highest BCUT2D eigenvalue weighted by molar-refractivity contribution is 8.33. The van der Waals surface area contributed by atoms with E-state index in [1.165, 1.54) is 12.1 Å². The molecule has 20 heteroatoms. The van der Waals surface area contributed by atoms with Crippen LogP contribution in [0.1, 0.15) is 21.5 Å². The van der Waals surface area contributed by atoms with Crippen molar-refractivity contribution < 1.29 is 74.3 Å². The second-order valence-corrected chi connectivity index (χ2v) is 17.3. The third-order valence-electron chi connectivity index (χ3n) is 8.07. The SMILES string of the molecule is COc1ccc(S(OS(=O)(=O)C(F)(F)C(F)(F)C(F)(F)C(F)(F)F)(c2ccc(Sc3ccccc3C(=O)c3ccccc3)cc2)c2ccccc2C(F)(F)F)cc1. The van der Waals surface area contributed by atoms with Crippen LogP contribution in [-0.2, 0) is 19.9 Å². The van der Waals surface area contributed by atoms with Crippen molar-refractivity contribution in [2.75, 3.05) is 7.11 Å². The molecule has 0 spiro atoms. The molecule has 5 aromatic carbocycles. The van der Waals surface area contributed by atoms with Crippen LogP contribution in [0.15, 0.2) is 152 Å². The zero-order chi connectivity index (χ0) is 42.2. The van der Waals surface area contributed by atoms with Gasteiger partial charge in [-0.2, -0.15) is 61.1 Å². The van der Waals surface area contributed by atoms with Crippen LogP contribution in [0.2, 0.25) is 0 Å². The monoisotopic (exact) mass is 872 g/mol. The molecule has 0 heterocycles. The Hall–Kier alpha value is -4.66. The summed E-state index contributed by atoms with van der Waals surface area (Å²) < 4.78 is 208. The molecule has 0 fully saturated rings. The quantitative estimate of drug-likeness (QED) is 0.0867. The van der Waals surface area contributed by atoms with Gasteiger partial charge in [-0.1, -0.05) is 66.4 Å². The molecule has 0 aromatic heterocycles. The molecule has 0 aliphatic rings. The van der Waals surface area contributed by atoms with Gasteiger partial charge in [0.05, 0.1) is 12.7 Å². The highest BCUT2D eigenvalue weighted by atomic mass is 32.3. The van der Waals surface area contributed by atoms with E-state index < -0.39 is 75.9 Å². The number of hydrogen-bond acceptors (Lipinski definition) is 6. The second-order valence-electron chi connectivity index (χ2n) is 11.7. The summed E-state index contributed by atoms with van der Waals surface area (Å²) in [5, 5.41) is -7.43. The van der Waals surface area contributed by atoms with Gasteiger partial charge in [0.2, 0.25) is 0 Å². The van der Waals surface area contributed by atoms with Gasteiger partial charge in [-0.3, -0.25) is 4.79 Å². The summed E-state index contributed by atoms with van der Waals surface area (Å²) in [6.07, 6.45) is -12.9. The van der Waals surface area contributed by atoms with Crippen molar-refractivity contribution >= 4 is 38.0 Å². The van der Waals surface area contributed by atoms with Gasteiger partial charge < -0.3 is 4.74 Å². The normalized spacial score (nSPS) is 14.8. The lowest BCUT2D eigenvalue weighted by molar-refractivity contribution is -0.382. The molecule has 0 saturated heterocycles. The van der Waals surface area contributed by atoms with Crippen LogP contribution in [0.3, 0.4) is 0 Å². The Bertz CT molecular complexity index is 2340. The second kappa shape index (κ2) is 15.6. The Morgan fingerprint density at radius 2 is 1.11 bits per heavy atom. The largest absolute Gasteiger partial charge is 0.497 e. The van der Waals surface area contributed by atoms with Crippen molar-refractivity contribution in [2.24, 2.45) is 0 Å². The van der Waals surface area contributed by atoms with E-state index in [-0.39, 0.29) is 16.2 Å². The van der Waals surface area contributed by atoms with Crippen molar-refractivity contribution in [3.05, 3.63) is 144 Å². The van der Waals surface area contributed by atoms with Gasteiger partial charge in [-0.25, -0.2) is 3.63 Å².